The Balaban J connectivity index is 0. The molecule has 0 fully saturated rings. The van der Waals surface area contributed by atoms with Crippen molar-refractivity contribution in [1.82, 2.24) is 10.6 Å². The van der Waals surface area contributed by atoms with Crippen molar-refractivity contribution in [1.29, 1.82) is 0 Å². The fraction of sp³-hybridized carbons (Fsp3) is 0.862. The topological polar surface area (TPSA) is 302 Å². The van der Waals surface area contributed by atoms with Crippen molar-refractivity contribution in [3.63, 3.8) is 0 Å². The largest absolute Gasteiger partial charge is 0.450 e. The molecule has 0 aromatic rings. The van der Waals surface area contributed by atoms with Crippen LogP contribution in [-0.2, 0) is 57.3 Å². The van der Waals surface area contributed by atoms with Gasteiger partial charge in [-0.3, -0.25) is 38.4 Å². The number of nitrogens with two attached hydrogens (primary N) is 4. The maximum Gasteiger partial charge on any atom is 0.306 e. The lowest BCUT2D eigenvalue weighted by Gasteiger charge is -2.25. The molecule has 2 amide bonds. The molecule has 0 radical (unpaired) electrons. The van der Waals surface area contributed by atoms with Crippen LogP contribution < -0.4 is 33.6 Å². The fourth-order valence-corrected chi connectivity index (χ4v) is 8.07. The Morgan fingerprint density at radius 2 is 0.513 bits per heavy atom. The minimum absolute atomic E-state index is 0.132. The van der Waals surface area contributed by atoms with E-state index in [4.69, 9.17) is 41.9 Å². The SMILES string of the molecule is CCCCC(=O)[C@H](OC(=O)CCCCCCCCCN)[C@@H](OC(=O)CCCCCCCCCN)C(=O)NCCC.CCCCC(=O)[C@H](OC(=O)CCCCCCCN)[C@@H](OC(=O)CCCCCCCN)C(=O)NCCC. The van der Waals surface area contributed by atoms with Crippen LogP contribution in [0.25, 0.3) is 0 Å². The van der Waals surface area contributed by atoms with Crippen molar-refractivity contribution in [2.24, 2.45) is 22.9 Å². The Bertz CT molecular complexity index is 1400. The maximum absolute atomic E-state index is 13.1. The van der Waals surface area contributed by atoms with Crippen molar-refractivity contribution in [2.75, 3.05) is 39.3 Å². The molecule has 444 valence electrons. The minimum atomic E-state index is -1.49. The molecular formula is C58H110N6O12. The summed E-state index contributed by atoms with van der Waals surface area (Å²) in [5, 5.41) is 5.39. The third-order valence-corrected chi connectivity index (χ3v) is 12.7. The first-order valence-corrected chi connectivity index (χ1v) is 30.0. The number of hydrogen-bond acceptors (Lipinski definition) is 16. The van der Waals surface area contributed by atoms with Crippen LogP contribution in [0.4, 0.5) is 0 Å². The summed E-state index contributed by atoms with van der Waals surface area (Å²) in [6.07, 6.45) is 21.7. The molecule has 76 heavy (non-hydrogen) atoms. The number of amides is 2. The standard InChI is InChI=1S/C31H59N3O6.C27H51N3O6/c1-3-5-20-26(35)29(39-27(36)21-16-12-8-6-10-14-18-23-32)30(31(38)34-25-4-2)40-28(37)22-17-13-9-7-11-15-19-24-33;1-3-5-16-22(31)25(35-23(32)17-12-8-6-10-14-19-28)26(27(34)30-21-4-2)36-24(33)18-13-9-7-11-15-20-29/h29-30H,3-25,32-33H2,1-2H3,(H,34,38);25-26H,3-21,28-29H2,1-2H3,(H,30,34)/t29-,30+;25-,26+/m00/s1. The van der Waals surface area contributed by atoms with Crippen LogP contribution in [0.5, 0.6) is 0 Å². The number of hydrogen-bond donors (Lipinski definition) is 6. The molecule has 4 atom stereocenters. The zero-order chi connectivity index (χ0) is 56.9. The van der Waals surface area contributed by atoms with Crippen molar-refractivity contribution >= 4 is 47.3 Å². The van der Waals surface area contributed by atoms with Gasteiger partial charge in [0.05, 0.1) is 0 Å². The molecule has 0 unspecified atom stereocenters. The van der Waals surface area contributed by atoms with Gasteiger partial charge in [-0.2, -0.15) is 0 Å². The van der Waals surface area contributed by atoms with Gasteiger partial charge in [0.15, 0.2) is 11.6 Å². The van der Waals surface area contributed by atoms with E-state index >= 15 is 0 Å². The van der Waals surface area contributed by atoms with Crippen LogP contribution in [0.3, 0.4) is 0 Å². The zero-order valence-electron chi connectivity index (χ0n) is 48.2. The van der Waals surface area contributed by atoms with Crippen molar-refractivity contribution in [3.8, 4) is 0 Å². The van der Waals surface area contributed by atoms with E-state index in [1.807, 2.05) is 27.7 Å². The van der Waals surface area contributed by atoms with Crippen molar-refractivity contribution in [3.05, 3.63) is 0 Å². The van der Waals surface area contributed by atoms with Crippen LogP contribution in [0.1, 0.15) is 259 Å². The van der Waals surface area contributed by atoms with Gasteiger partial charge in [-0.15, -0.1) is 0 Å². The Hall–Kier alpha value is -4.00. The minimum Gasteiger partial charge on any atom is -0.450 e. The fourth-order valence-electron chi connectivity index (χ4n) is 8.07. The van der Waals surface area contributed by atoms with Gasteiger partial charge in [0, 0.05) is 51.6 Å². The smallest absolute Gasteiger partial charge is 0.306 e. The first-order valence-electron chi connectivity index (χ1n) is 30.0. The van der Waals surface area contributed by atoms with E-state index in [0.717, 1.165) is 141 Å². The molecule has 0 aliphatic carbocycles. The Kier molecular flexibility index (Phi) is 53.0. The van der Waals surface area contributed by atoms with Crippen LogP contribution in [0.2, 0.25) is 0 Å². The molecule has 0 saturated heterocycles. The number of esters is 4. The number of carbonyl (C=O) groups excluding carboxylic acids is 8. The number of ether oxygens (including phenoxy) is 4. The molecular weight excluding hydrogens is 973 g/mol. The number of carbonyl (C=O) groups is 8. The van der Waals surface area contributed by atoms with Crippen LogP contribution in [0, 0.1) is 0 Å². The lowest BCUT2D eigenvalue weighted by atomic mass is 10.0. The molecule has 0 rings (SSSR count). The second-order valence-corrected chi connectivity index (χ2v) is 20.0. The summed E-state index contributed by atoms with van der Waals surface area (Å²) >= 11 is 0. The van der Waals surface area contributed by atoms with Gasteiger partial charge in [0.1, 0.15) is 0 Å². The average Bonchev–Trinajstić information content (AvgIpc) is 3.41. The van der Waals surface area contributed by atoms with E-state index in [1.165, 1.54) is 0 Å². The molecule has 0 spiro atoms. The molecule has 0 aromatic carbocycles. The zero-order valence-corrected chi connectivity index (χ0v) is 48.2. The van der Waals surface area contributed by atoms with Crippen LogP contribution in [0.15, 0.2) is 0 Å². The molecule has 18 nitrogen and oxygen atoms in total. The summed E-state index contributed by atoms with van der Waals surface area (Å²) in [5.74, 6) is -4.25. The van der Waals surface area contributed by atoms with Gasteiger partial charge in [-0.1, -0.05) is 143 Å². The second-order valence-electron chi connectivity index (χ2n) is 20.0. The van der Waals surface area contributed by atoms with E-state index in [-0.39, 0.29) is 38.5 Å². The highest BCUT2D eigenvalue weighted by molar-refractivity contribution is 5.95. The van der Waals surface area contributed by atoms with Gasteiger partial charge in [-0.05, 0) is 103 Å². The number of rotatable bonds is 52. The first kappa shape index (κ1) is 74.1. The van der Waals surface area contributed by atoms with E-state index in [1.54, 1.807) is 0 Å². The van der Waals surface area contributed by atoms with Crippen molar-refractivity contribution < 1.29 is 57.3 Å². The number of unbranched alkanes of at least 4 members (excludes halogenated alkanes) is 22. The highest BCUT2D eigenvalue weighted by Crippen LogP contribution is 2.19. The maximum atomic E-state index is 13.1. The van der Waals surface area contributed by atoms with Gasteiger partial charge in [-0.25, -0.2) is 0 Å². The van der Waals surface area contributed by atoms with E-state index < -0.39 is 71.7 Å². The summed E-state index contributed by atoms with van der Waals surface area (Å²) in [6, 6.07) is 0. The molecule has 0 bridgehead atoms. The Morgan fingerprint density at radius 1 is 0.289 bits per heavy atom. The molecule has 18 heteroatoms. The molecule has 0 aliphatic heterocycles. The Morgan fingerprint density at radius 3 is 0.737 bits per heavy atom. The monoisotopic (exact) mass is 1080 g/mol. The highest BCUT2D eigenvalue weighted by atomic mass is 16.6. The van der Waals surface area contributed by atoms with Crippen LogP contribution >= 0.6 is 0 Å². The summed E-state index contributed by atoms with van der Waals surface area (Å²) in [4.78, 5) is 102. The lowest BCUT2D eigenvalue weighted by molar-refractivity contribution is -0.176. The second kappa shape index (κ2) is 54.4. The summed E-state index contributed by atoms with van der Waals surface area (Å²) in [5.41, 5.74) is 22.0. The molecule has 0 aliphatic rings. The van der Waals surface area contributed by atoms with E-state index in [2.05, 4.69) is 10.6 Å². The molecule has 0 aromatic heterocycles. The van der Waals surface area contributed by atoms with E-state index in [9.17, 15) is 38.4 Å². The summed E-state index contributed by atoms with van der Waals surface area (Å²) in [7, 11) is 0. The predicted octanol–water partition coefficient (Wildman–Crippen LogP) is 8.95. The Labute approximate surface area is 459 Å². The molecule has 0 heterocycles. The van der Waals surface area contributed by atoms with E-state index in [0.29, 0.717) is 90.6 Å². The third-order valence-electron chi connectivity index (χ3n) is 12.7. The predicted molar refractivity (Wildman–Crippen MR) is 301 cm³/mol. The lowest BCUT2D eigenvalue weighted by Crippen LogP contribution is -2.50. The number of nitrogens with one attached hydrogen (secondary N) is 2. The summed E-state index contributed by atoms with van der Waals surface area (Å²) < 4.78 is 22.1. The number of Topliss-reactive ketones (excluding diaryl/α,β-unsaturated/α-hetero) is 2. The molecule has 10 N–H and O–H groups in total. The summed E-state index contributed by atoms with van der Waals surface area (Å²) in [6.45, 7) is 11.1. The highest BCUT2D eigenvalue weighted by Gasteiger charge is 2.41. The average molecular weight is 1080 g/mol. The normalized spacial score (nSPS) is 12.5. The molecule has 0 saturated carbocycles. The quantitative estimate of drug-likeness (QED) is 0.0188. The van der Waals surface area contributed by atoms with Crippen molar-refractivity contribution in [2.45, 2.75) is 283 Å². The van der Waals surface area contributed by atoms with Crippen LogP contribution in [-0.4, -0.2) is 111 Å². The van der Waals surface area contributed by atoms with Gasteiger partial charge >= 0.3 is 23.9 Å². The van der Waals surface area contributed by atoms with Gasteiger partial charge < -0.3 is 52.5 Å². The van der Waals surface area contributed by atoms with Gasteiger partial charge in [0.2, 0.25) is 24.4 Å². The van der Waals surface area contributed by atoms with Gasteiger partial charge in [0.25, 0.3) is 11.8 Å². The number of ketones is 2. The first-order chi connectivity index (χ1) is 36.8. The third kappa shape index (κ3) is 43.0.